The Balaban J connectivity index is 2.16. The summed E-state index contributed by atoms with van der Waals surface area (Å²) in [5, 5.41) is 1.66. The highest BCUT2D eigenvalue weighted by molar-refractivity contribution is 5.80. The average Bonchev–Trinajstić information content (AvgIpc) is 2.77. The van der Waals surface area contributed by atoms with Gasteiger partial charge in [-0.2, -0.15) is 5.06 Å². The molecule has 0 aromatic heterocycles. The SMILES string of the molecule is CCO[C@@H]1C[C@](C)(C(=O)OC)N(Cc2ccccc2)O1. The fourth-order valence-corrected chi connectivity index (χ4v) is 2.36. The summed E-state index contributed by atoms with van der Waals surface area (Å²) in [6, 6.07) is 9.86. The molecular weight excluding hydrogens is 258 g/mol. The maximum absolute atomic E-state index is 12.1. The molecule has 1 heterocycles. The van der Waals surface area contributed by atoms with Gasteiger partial charge in [0, 0.05) is 13.0 Å². The van der Waals surface area contributed by atoms with Crippen LogP contribution >= 0.6 is 0 Å². The van der Waals surface area contributed by atoms with Gasteiger partial charge in [0.1, 0.15) is 5.54 Å². The number of esters is 1. The van der Waals surface area contributed by atoms with E-state index in [-0.39, 0.29) is 5.97 Å². The van der Waals surface area contributed by atoms with Crippen molar-refractivity contribution < 1.29 is 19.1 Å². The van der Waals surface area contributed by atoms with Crippen molar-refractivity contribution in [3.8, 4) is 0 Å². The van der Waals surface area contributed by atoms with E-state index in [2.05, 4.69) is 0 Å². The second-order valence-electron chi connectivity index (χ2n) is 4.98. The Labute approximate surface area is 119 Å². The van der Waals surface area contributed by atoms with Crippen LogP contribution in [0.5, 0.6) is 0 Å². The molecule has 5 nitrogen and oxygen atoms in total. The number of ether oxygens (including phenoxy) is 2. The van der Waals surface area contributed by atoms with E-state index in [0.717, 1.165) is 5.56 Å². The number of rotatable bonds is 5. The zero-order valence-electron chi connectivity index (χ0n) is 12.2. The number of carbonyl (C=O) groups is 1. The Kier molecular flexibility index (Phi) is 4.75. The highest BCUT2D eigenvalue weighted by Crippen LogP contribution is 2.34. The first-order chi connectivity index (χ1) is 9.60. The zero-order valence-corrected chi connectivity index (χ0v) is 12.2. The number of hydrogen-bond acceptors (Lipinski definition) is 5. The molecule has 0 spiro atoms. The molecule has 2 rings (SSSR count). The van der Waals surface area contributed by atoms with Gasteiger partial charge < -0.3 is 9.47 Å². The van der Waals surface area contributed by atoms with Gasteiger partial charge in [-0.05, 0) is 19.4 Å². The molecule has 1 aliphatic rings. The molecule has 0 amide bonds. The third-order valence-corrected chi connectivity index (χ3v) is 3.51. The minimum Gasteiger partial charge on any atom is -0.468 e. The maximum Gasteiger partial charge on any atom is 0.328 e. The van der Waals surface area contributed by atoms with Crippen molar-refractivity contribution in [1.82, 2.24) is 5.06 Å². The summed E-state index contributed by atoms with van der Waals surface area (Å²) < 4.78 is 10.4. The van der Waals surface area contributed by atoms with E-state index in [9.17, 15) is 4.79 Å². The quantitative estimate of drug-likeness (QED) is 0.773. The van der Waals surface area contributed by atoms with Crippen molar-refractivity contribution in [2.24, 2.45) is 0 Å². The molecule has 1 fully saturated rings. The molecule has 0 aliphatic carbocycles. The molecule has 5 heteroatoms. The molecule has 1 aromatic rings. The number of benzene rings is 1. The first-order valence-corrected chi connectivity index (χ1v) is 6.78. The summed E-state index contributed by atoms with van der Waals surface area (Å²) in [5.41, 5.74) is 0.240. The van der Waals surface area contributed by atoms with Crippen molar-refractivity contribution in [1.29, 1.82) is 0 Å². The van der Waals surface area contributed by atoms with Gasteiger partial charge in [0.15, 0.2) is 6.29 Å². The predicted octanol–water partition coefficient (Wildman–Crippen LogP) is 2.12. The van der Waals surface area contributed by atoms with Crippen LogP contribution in [-0.2, 0) is 25.7 Å². The Bertz CT molecular complexity index is 450. The van der Waals surface area contributed by atoms with Crippen molar-refractivity contribution in [2.45, 2.75) is 38.6 Å². The van der Waals surface area contributed by atoms with Crippen LogP contribution in [0, 0.1) is 0 Å². The molecule has 20 heavy (non-hydrogen) atoms. The van der Waals surface area contributed by atoms with Crippen molar-refractivity contribution in [2.75, 3.05) is 13.7 Å². The molecule has 0 radical (unpaired) electrons. The van der Waals surface area contributed by atoms with Crippen LogP contribution in [0.15, 0.2) is 30.3 Å². The molecule has 2 atom stereocenters. The highest BCUT2D eigenvalue weighted by atomic mass is 16.8. The topological polar surface area (TPSA) is 48.0 Å². The molecule has 0 unspecified atom stereocenters. The number of hydrogen-bond donors (Lipinski definition) is 0. The summed E-state index contributed by atoms with van der Waals surface area (Å²) in [4.78, 5) is 17.8. The lowest BCUT2D eigenvalue weighted by atomic mass is 9.98. The summed E-state index contributed by atoms with van der Waals surface area (Å²) >= 11 is 0. The summed E-state index contributed by atoms with van der Waals surface area (Å²) in [5.74, 6) is -0.310. The Morgan fingerprint density at radius 1 is 1.45 bits per heavy atom. The van der Waals surface area contributed by atoms with E-state index in [1.807, 2.05) is 44.2 Å². The molecule has 1 aliphatic heterocycles. The lowest BCUT2D eigenvalue weighted by Crippen LogP contribution is -2.47. The van der Waals surface area contributed by atoms with E-state index in [0.29, 0.717) is 19.6 Å². The lowest BCUT2D eigenvalue weighted by Gasteiger charge is -2.29. The zero-order chi connectivity index (χ0) is 14.6. The van der Waals surface area contributed by atoms with Gasteiger partial charge in [-0.25, -0.2) is 4.79 Å². The molecule has 110 valence electrons. The molecular formula is C15H21NO4. The van der Waals surface area contributed by atoms with Crippen LogP contribution in [-0.4, -0.2) is 36.6 Å². The second kappa shape index (κ2) is 6.35. The van der Waals surface area contributed by atoms with Gasteiger partial charge in [-0.15, -0.1) is 0 Å². The van der Waals surface area contributed by atoms with Crippen LogP contribution in [0.1, 0.15) is 25.8 Å². The average molecular weight is 279 g/mol. The third kappa shape index (κ3) is 3.00. The van der Waals surface area contributed by atoms with Crippen LogP contribution in [0.3, 0.4) is 0 Å². The molecule has 1 aromatic carbocycles. The first-order valence-electron chi connectivity index (χ1n) is 6.78. The fraction of sp³-hybridized carbons (Fsp3) is 0.533. The number of carbonyl (C=O) groups excluding carboxylic acids is 1. The Morgan fingerprint density at radius 3 is 2.75 bits per heavy atom. The molecule has 0 saturated carbocycles. The monoisotopic (exact) mass is 279 g/mol. The first kappa shape index (κ1) is 15.0. The standard InChI is InChI=1S/C15H21NO4/c1-4-19-13-10-15(2,14(17)18-3)16(20-13)11-12-8-6-5-7-9-12/h5-9,13H,4,10-11H2,1-3H3/t13-,15+/m0/s1. The van der Waals surface area contributed by atoms with Crippen LogP contribution in [0.4, 0.5) is 0 Å². The van der Waals surface area contributed by atoms with Gasteiger partial charge in [0.2, 0.25) is 0 Å². The van der Waals surface area contributed by atoms with Crippen LogP contribution in [0.25, 0.3) is 0 Å². The minimum atomic E-state index is -0.829. The van der Waals surface area contributed by atoms with Gasteiger partial charge in [0.05, 0.1) is 13.7 Å². The Hall–Kier alpha value is -1.43. The second-order valence-corrected chi connectivity index (χ2v) is 4.98. The van der Waals surface area contributed by atoms with Gasteiger partial charge in [-0.1, -0.05) is 30.3 Å². The van der Waals surface area contributed by atoms with Gasteiger partial charge in [0.25, 0.3) is 0 Å². The van der Waals surface area contributed by atoms with Gasteiger partial charge >= 0.3 is 5.97 Å². The predicted molar refractivity (Wildman–Crippen MR) is 73.5 cm³/mol. The van der Waals surface area contributed by atoms with E-state index < -0.39 is 11.8 Å². The molecule has 0 N–H and O–H groups in total. The number of methoxy groups -OCH3 is 1. The highest BCUT2D eigenvalue weighted by Gasteiger charge is 2.50. The largest absolute Gasteiger partial charge is 0.468 e. The van der Waals surface area contributed by atoms with E-state index in [1.54, 1.807) is 5.06 Å². The van der Waals surface area contributed by atoms with Crippen LogP contribution < -0.4 is 0 Å². The summed E-state index contributed by atoms with van der Waals surface area (Å²) in [7, 11) is 1.39. The Morgan fingerprint density at radius 2 is 2.15 bits per heavy atom. The lowest BCUT2D eigenvalue weighted by molar-refractivity contribution is -0.254. The number of nitrogens with zero attached hydrogens (tertiary/aromatic N) is 1. The summed E-state index contributed by atoms with van der Waals surface area (Å²) in [6.07, 6.45) is 0.0492. The maximum atomic E-state index is 12.1. The van der Waals surface area contributed by atoms with Gasteiger partial charge in [-0.3, -0.25) is 4.84 Å². The van der Waals surface area contributed by atoms with E-state index in [4.69, 9.17) is 14.3 Å². The third-order valence-electron chi connectivity index (χ3n) is 3.51. The van der Waals surface area contributed by atoms with Crippen LogP contribution in [0.2, 0.25) is 0 Å². The van der Waals surface area contributed by atoms with E-state index >= 15 is 0 Å². The minimum absolute atomic E-state index is 0.310. The summed E-state index contributed by atoms with van der Waals surface area (Å²) in [6.45, 7) is 4.77. The van der Waals surface area contributed by atoms with E-state index in [1.165, 1.54) is 7.11 Å². The normalized spacial score (nSPS) is 26.6. The van der Waals surface area contributed by atoms with Crippen molar-refractivity contribution >= 4 is 5.97 Å². The fourth-order valence-electron chi connectivity index (χ4n) is 2.36. The number of hydroxylamine groups is 2. The molecule has 0 bridgehead atoms. The van der Waals surface area contributed by atoms with Crippen molar-refractivity contribution in [3.63, 3.8) is 0 Å². The smallest absolute Gasteiger partial charge is 0.328 e. The van der Waals surface area contributed by atoms with Crippen molar-refractivity contribution in [3.05, 3.63) is 35.9 Å². The molecule has 1 saturated heterocycles.